The number of fused-ring (bicyclic) bond motifs is 3. The summed E-state index contributed by atoms with van der Waals surface area (Å²) in [6.45, 7) is 0. The number of rotatable bonds is 8. The quantitative estimate of drug-likeness (QED) is 0.123. The molecule has 4 atom stereocenters. The Morgan fingerprint density at radius 3 is 0.909 bits per heavy atom. The number of hydrogen-bond acceptors (Lipinski definition) is 4. The Hall–Kier alpha value is -8.02. The topological polar surface area (TPSA) is 48.1 Å². The molecular formula is C62H48N4. The van der Waals surface area contributed by atoms with Crippen LogP contribution in [0.5, 0.6) is 0 Å². The fraction of sp³-hybridized carbons (Fsp3) is 0.0645. The molecule has 0 saturated carbocycles. The predicted molar refractivity (Wildman–Crippen MR) is 274 cm³/mol. The average Bonchev–Trinajstić information content (AvgIpc) is 3.40. The maximum absolute atomic E-state index is 4.05. The van der Waals surface area contributed by atoms with Gasteiger partial charge in [-0.3, -0.25) is 10.6 Å². The van der Waals surface area contributed by atoms with Gasteiger partial charge < -0.3 is 10.6 Å². The molecule has 316 valence electrons. The molecule has 0 amide bonds. The largest absolute Gasteiger partial charge is 0.366 e. The Bertz CT molecular complexity index is 2990. The maximum atomic E-state index is 4.05. The second-order valence-corrected chi connectivity index (χ2v) is 17.5. The van der Waals surface area contributed by atoms with Crippen molar-refractivity contribution in [1.82, 2.24) is 10.6 Å². The molecule has 10 aromatic carbocycles. The molecule has 0 spiro atoms. The third-order valence-electron chi connectivity index (χ3n) is 13.4. The van der Waals surface area contributed by atoms with Crippen molar-refractivity contribution < 1.29 is 0 Å². The minimum Gasteiger partial charge on any atom is -0.366 e. The van der Waals surface area contributed by atoms with E-state index in [-0.39, 0.29) is 24.4 Å². The van der Waals surface area contributed by atoms with Gasteiger partial charge in [0.05, 0.1) is 12.1 Å². The summed E-state index contributed by atoms with van der Waals surface area (Å²) in [4.78, 5) is 0. The standard InChI is InChI=1S/C62H48N4/c1-5-17-41(18-6-1)49-35-50(42-19-7-2-8-20-42)38-53(37-49)59-55-25-13-15-27-57(55)63-61(65-59)47-31-29-46-34-48(32-30-45(46)33-47)62-64-58-28-16-14-26-56(58)60(66-62)54-39-51(43-21-9-3-10-22-43)36-52(40-54)44-23-11-4-12-24-44/h1-40,59-66H. The van der Waals surface area contributed by atoms with E-state index in [1.807, 2.05) is 0 Å². The molecule has 66 heavy (non-hydrogen) atoms. The third-order valence-corrected chi connectivity index (χ3v) is 13.4. The van der Waals surface area contributed by atoms with Gasteiger partial charge in [-0.1, -0.05) is 182 Å². The van der Waals surface area contributed by atoms with Gasteiger partial charge in [0.1, 0.15) is 12.3 Å². The Labute approximate surface area is 386 Å². The summed E-state index contributed by atoms with van der Waals surface area (Å²) in [6.07, 6.45) is -0.221. The molecule has 0 bridgehead atoms. The third kappa shape index (κ3) is 7.73. The van der Waals surface area contributed by atoms with Gasteiger partial charge in [-0.25, -0.2) is 0 Å². The Kier molecular flexibility index (Phi) is 10.3. The molecule has 12 rings (SSSR count). The molecule has 4 N–H and O–H groups in total. The Balaban J connectivity index is 0.873. The molecule has 0 radical (unpaired) electrons. The van der Waals surface area contributed by atoms with E-state index in [1.54, 1.807) is 0 Å². The van der Waals surface area contributed by atoms with Crippen LogP contribution in [0.3, 0.4) is 0 Å². The van der Waals surface area contributed by atoms with Crippen molar-refractivity contribution in [2.75, 3.05) is 10.6 Å². The van der Waals surface area contributed by atoms with Crippen LogP contribution in [0.25, 0.3) is 55.3 Å². The number of benzene rings is 10. The van der Waals surface area contributed by atoms with Gasteiger partial charge in [0.15, 0.2) is 0 Å². The van der Waals surface area contributed by atoms with Gasteiger partial charge >= 0.3 is 0 Å². The van der Waals surface area contributed by atoms with E-state index in [2.05, 4.69) is 264 Å². The number of para-hydroxylation sites is 2. The van der Waals surface area contributed by atoms with E-state index in [0.717, 1.165) is 11.4 Å². The molecule has 0 fully saturated rings. The molecular weight excluding hydrogens is 801 g/mol. The first kappa shape index (κ1) is 39.6. The fourth-order valence-electron chi connectivity index (χ4n) is 10.0. The number of hydrogen-bond donors (Lipinski definition) is 4. The molecule has 0 aromatic heterocycles. The van der Waals surface area contributed by atoms with Crippen LogP contribution in [-0.2, 0) is 0 Å². The monoisotopic (exact) mass is 848 g/mol. The summed E-state index contributed by atoms with van der Waals surface area (Å²) in [5.74, 6) is 0. The van der Waals surface area contributed by atoms with E-state index in [1.165, 1.54) is 88.7 Å². The van der Waals surface area contributed by atoms with Gasteiger partial charge in [0.2, 0.25) is 0 Å². The SMILES string of the molecule is c1ccc(-c2cc(-c3ccccc3)cc(C3NC(c4ccc5cc(C6Nc7ccccc7C(c7cc(-c8ccccc8)cc(-c8ccccc8)c7)N6)ccc5c4)Nc4ccccc43)c2)cc1. The summed E-state index contributed by atoms with van der Waals surface area (Å²) in [6, 6.07) is 88.1. The van der Waals surface area contributed by atoms with Gasteiger partial charge in [-0.2, -0.15) is 0 Å². The van der Waals surface area contributed by atoms with Gasteiger partial charge in [-0.05, 0) is 149 Å². The lowest BCUT2D eigenvalue weighted by Gasteiger charge is -2.36. The van der Waals surface area contributed by atoms with Crippen molar-refractivity contribution in [3.63, 3.8) is 0 Å². The second kappa shape index (κ2) is 17.2. The van der Waals surface area contributed by atoms with Crippen LogP contribution < -0.4 is 21.3 Å². The average molecular weight is 849 g/mol. The van der Waals surface area contributed by atoms with E-state index >= 15 is 0 Å². The first-order valence-corrected chi connectivity index (χ1v) is 23.0. The first-order chi connectivity index (χ1) is 32.7. The highest BCUT2D eigenvalue weighted by molar-refractivity contribution is 5.85. The van der Waals surface area contributed by atoms with Crippen LogP contribution in [0.1, 0.15) is 57.8 Å². The van der Waals surface area contributed by atoms with Gasteiger partial charge in [-0.15, -0.1) is 0 Å². The van der Waals surface area contributed by atoms with E-state index in [0.29, 0.717) is 0 Å². The van der Waals surface area contributed by atoms with E-state index in [4.69, 9.17) is 0 Å². The van der Waals surface area contributed by atoms with Gasteiger partial charge in [0.25, 0.3) is 0 Å². The molecule has 10 aromatic rings. The van der Waals surface area contributed by atoms with Crippen LogP contribution in [0, 0.1) is 0 Å². The Morgan fingerprint density at radius 1 is 0.242 bits per heavy atom. The van der Waals surface area contributed by atoms with Gasteiger partial charge in [0, 0.05) is 11.4 Å². The lowest BCUT2D eigenvalue weighted by Crippen LogP contribution is -2.37. The highest BCUT2D eigenvalue weighted by Gasteiger charge is 2.30. The number of nitrogens with one attached hydrogen (secondary N) is 4. The van der Waals surface area contributed by atoms with Crippen molar-refractivity contribution in [2.24, 2.45) is 0 Å². The zero-order valence-corrected chi connectivity index (χ0v) is 36.4. The van der Waals surface area contributed by atoms with Crippen LogP contribution in [0.2, 0.25) is 0 Å². The summed E-state index contributed by atoms with van der Waals surface area (Å²) >= 11 is 0. The molecule has 2 aliphatic rings. The summed E-state index contributed by atoms with van der Waals surface area (Å²) in [5, 5.41) is 18.2. The smallest absolute Gasteiger partial charge is 0.104 e. The van der Waals surface area contributed by atoms with Crippen LogP contribution in [0.15, 0.2) is 243 Å². The van der Waals surface area contributed by atoms with Crippen molar-refractivity contribution in [1.29, 1.82) is 0 Å². The molecule has 4 heteroatoms. The molecule has 4 unspecified atom stereocenters. The van der Waals surface area contributed by atoms with E-state index in [9.17, 15) is 0 Å². The fourth-order valence-corrected chi connectivity index (χ4v) is 10.0. The van der Waals surface area contributed by atoms with Crippen molar-refractivity contribution in [3.8, 4) is 44.5 Å². The minimum atomic E-state index is -0.110. The van der Waals surface area contributed by atoms with Crippen molar-refractivity contribution >= 4 is 22.1 Å². The molecule has 4 nitrogen and oxygen atoms in total. The van der Waals surface area contributed by atoms with Crippen LogP contribution in [-0.4, -0.2) is 0 Å². The highest BCUT2D eigenvalue weighted by Crippen LogP contribution is 2.42. The molecule has 0 aliphatic carbocycles. The minimum absolute atomic E-state index is 0.0342. The summed E-state index contributed by atoms with van der Waals surface area (Å²) < 4.78 is 0. The maximum Gasteiger partial charge on any atom is 0.104 e. The van der Waals surface area contributed by atoms with Crippen LogP contribution >= 0.6 is 0 Å². The highest BCUT2D eigenvalue weighted by atomic mass is 15.2. The second-order valence-electron chi connectivity index (χ2n) is 17.5. The first-order valence-electron chi connectivity index (χ1n) is 23.0. The van der Waals surface area contributed by atoms with Crippen molar-refractivity contribution in [3.05, 3.63) is 276 Å². The molecule has 2 heterocycles. The summed E-state index contributed by atoms with van der Waals surface area (Å²) in [7, 11) is 0. The summed E-state index contributed by atoms with van der Waals surface area (Å²) in [5.41, 5.74) is 19.2. The lowest BCUT2D eigenvalue weighted by atomic mass is 9.88. The Morgan fingerprint density at radius 2 is 0.561 bits per heavy atom. The molecule has 2 aliphatic heterocycles. The normalized spacial score (nSPS) is 17.5. The lowest BCUT2D eigenvalue weighted by molar-refractivity contribution is 0.506. The van der Waals surface area contributed by atoms with Crippen molar-refractivity contribution in [2.45, 2.75) is 24.4 Å². The predicted octanol–water partition coefficient (Wildman–Crippen LogP) is 15.1. The van der Waals surface area contributed by atoms with Crippen LogP contribution in [0.4, 0.5) is 11.4 Å². The zero-order chi connectivity index (χ0) is 43.8. The molecule has 0 saturated heterocycles. The number of anilines is 2. The van der Waals surface area contributed by atoms with E-state index < -0.39 is 0 Å². The zero-order valence-electron chi connectivity index (χ0n) is 36.4.